The van der Waals surface area contributed by atoms with Gasteiger partial charge in [0.25, 0.3) is 11.8 Å². The third-order valence-corrected chi connectivity index (χ3v) is 23.7. The standard InChI is InChI=1S/C58H71N3O4S8/c1-7-13-17-19-31-66-57-58(67-32-20-18-14-8-2)73-49(72-57)34-42-24-26-44(69-42)46-28-30-48(71-46)53-51-50(54(62)61(53)37-39(12-6)22-16-10-4)52(60(55(51)63)36-38(11-5)21-15-9-3)47-29-27-45(70-47)43-25-23-41(68-43)33-40(35-59)56(64)65/h23-30,33-34,38-39H,7-22,31-32,36-37H2,1-6H3,(H,64,65)/b40-33-. The number of thiophene rings is 4. The van der Waals surface area contributed by atoms with E-state index in [1.807, 2.05) is 81.1 Å². The van der Waals surface area contributed by atoms with Crippen molar-refractivity contribution in [2.24, 2.45) is 11.8 Å². The van der Waals surface area contributed by atoms with Gasteiger partial charge in [-0.3, -0.25) is 9.59 Å². The van der Waals surface area contributed by atoms with Crippen molar-refractivity contribution < 1.29 is 19.5 Å². The lowest BCUT2D eigenvalue weighted by Gasteiger charge is -2.29. The van der Waals surface area contributed by atoms with Gasteiger partial charge in [0.15, 0.2) is 0 Å². The summed E-state index contributed by atoms with van der Waals surface area (Å²) in [5.41, 5.74) is 2.17. The molecule has 7 nitrogen and oxygen atoms in total. The molecule has 4 aromatic rings. The zero-order chi connectivity index (χ0) is 51.9. The number of unbranched alkanes of at least 4 members (excludes halogenated alkanes) is 8. The first-order valence-electron chi connectivity index (χ1n) is 26.5. The summed E-state index contributed by atoms with van der Waals surface area (Å²) in [7, 11) is 0. The molecule has 7 heterocycles. The van der Waals surface area contributed by atoms with E-state index in [1.54, 1.807) is 40.1 Å². The first kappa shape index (κ1) is 57.5. The van der Waals surface area contributed by atoms with Crippen LogP contribution in [0.4, 0.5) is 0 Å². The highest BCUT2D eigenvalue weighted by atomic mass is 32.3. The van der Waals surface area contributed by atoms with Gasteiger partial charge in [-0.25, -0.2) is 4.79 Å². The molecule has 3 aliphatic rings. The zero-order valence-corrected chi connectivity index (χ0v) is 49.9. The van der Waals surface area contributed by atoms with E-state index in [0.29, 0.717) is 40.7 Å². The zero-order valence-electron chi connectivity index (χ0n) is 43.3. The molecule has 0 aromatic carbocycles. The Bertz CT molecular complexity index is 2730. The number of hydrogen-bond acceptors (Lipinski definition) is 12. The number of fused-ring (bicyclic) bond motifs is 1. The Hall–Kier alpha value is -3.20. The number of nitrogens with zero attached hydrogens (tertiary/aromatic N) is 3. The van der Waals surface area contributed by atoms with Crippen LogP contribution in [0.25, 0.3) is 43.1 Å². The Morgan fingerprint density at radius 2 is 1.01 bits per heavy atom. The molecule has 3 aliphatic heterocycles. The van der Waals surface area contributed by atoms with Gasteiger partial charge in [-0.2, -0.15) is 5.26 Å². The van der Waals surface area contributed by atoms with Crippen LogP contribution in [0.1, 0.15) is 164 Å². The molecule has 15 heteroatoms. The lowest BCUT2D eigenvalue weighted by atomic mass is 9.98. The number of amides is 2. The van der Waals surface area contributed by atoms with Gasteiger partial charge < -0.3 is 14.9 Å². The number of aliphatic carboxylic acids is 1. The number of hydrogen-bond donors (Lipinski definition) is 1. The van der Waals surface area contributed by atoms with Crippen molar-refractivity contribution in [1.29, 1.82) is 5.26 Å². The topological polar surface area (TPSA) is 102 Å². The Labute approximate surface area is 468 Å². The average Bonchev–Trinajstić information content (AvgIpc) is 4.27. The maximum atomic E-state index is 15.4. The van der Waals surface area contributed by atoms with Crippen LogP contribution < -0.4 is 0 Å². The molecular formula is C58H71N3O4S8. The molecule has 0 saturated carbocycles. The van der Waals surface area contributed by atoms with Crippen molar-refractivity contribution in [3.63, 3.8) is 0 Å². The van der Waals surface area contributed by atoms with Crippen LogP contribution in [0.3, 0.4) is 0 Å². The summed E-state index contributed by atoms with van der Waals surface area (Å²) in [5, 5.41) is 18.9. The largest absolute Gasteiger partial charge is 0.477 e. The number of carboxylic acids is 1. The third kappa shape index (κ3) is 14.6. The van der Waals surface area contributed by atoms with Crippen LogP contribution in [-0.4, -0.2) is 57.3 Å². The Morgan fingerprint density at radius 1 is 0.589 bits per heavy atom. The second-order valence-electron chi connectivity index (χ2n) is 18.9. The Kier molecular flexibility index (Phi) is 22.7. The van der Waals surface area contributed by atoms with Crippen LogP contribution in [0.5, 0.6) is 0 Å². The van der Waals surface area contributed by atoms with E-state index in [1.165, 1.54) is 103 Å². The number of thioether (sulfide) groups is 4. The number of carboxylic acid groups (broad SMARTS) is 1. The van der Waals surface area contributed by atoms with Crippen molar-refractivity contribution >= 4 is 134 Å². The van der Waals surface area contributed by atoms with Gasteiger partial charge in [0.1, 0.15) is 11.6 Å². The van der Waals surface area contributed by atoms with Gasteiger partial charge in [0.05, 0.1) is 45.0 Å². The Balaban J connectivity index is 1.24. The lowest BCUT2D eigenvalue weighted by molar-refractivity contribution is -0.132. The third-order valence-electron chi connectivity index (χ3n) is 13.5. The van der Waals surface area contributed by atoms with Gasteiger partial charge >= 0.3 is 5.97 Å². The normalized spacial score (nSPS) is 16.0. The van der Waals surface area contributed by atoms with E-state index in [4.69, 9.17) is 0 Å². The summed E-state index contributed by atoms with van der Waals surface area (Å²) in [6.07, 6.45) is 22.2. The first-order chi connectivity index (χ1) is 35.5. The highest BCUT2D eigenvalue weighted by Gasteiger charge is 2.50. The summed E-state index contributed by atoms with van der Waals surface area (Å²) in [6.45, 7) is 14.5. The van der Waals surface area contributed by atoms with E-state index in [0.717, 1.165) is 81.4 Å². The summed E-state index contributed by atoms with van der Waals surface area (Å²) in [6, 6.07) is 18.4. The van der Waals surface area contributed by atoms with Gasteiger partial charge in [-0.05, 0) is 110 Å². The molecule has 0 spiro atoms. The van der Waals surface area contributed by atoms with Gasteiger partial charge in [0, 0.05) is 42.4 Å². The van der Waals surface area contributed by atoms with Crippen molar-refractivity contribution in [2.75, 3.05) is 24.6 Å². The van der Waals surface area contributed by atoms with Crippen LogP contribution in [0.15, 0.2) is 78.0 Å². The molecule has 390 valence electrons. The molecule has 7 rings (SSSR count). The van der Waals surface area contributed by atoms with Crippen LogP contribution in [0.2, 0.25) is 0 Å². The predicted molar refractivity (Wildman–Crippen MR) is 324 cm³/mol. The van der Waals surface area contributed by atoms with Gasteiger partial charge in [0.2, 0.25) is 0 Å². The fourth-order valence-corrected chi connectivity index (χ4v) is 19.5. The van der Waals surface area contributed by atoms with Crippen LogP contribution in [0, 0.1) is 23.2 Å². The number of rotatable bonds is 31. The molecule has 0 radical (unpaired) electrons. The minimum Gasteiger partial charge on any atom is -0.477 e. The summed E-state index contributed by atoms with van der Waals surface area (Å²) < 4.78 is 4.28. The molecule has 0 bridgehead atoms. The van der Waals surface area contributed by atoms with E-state index in [2.05, 4.69) is 71.9 Å². The minimum atomic E-state index is -1.26. The fourth-order valence-electron chi connectivity index (χ4n) is 9.24. The summed E-state index contributed by atoms with van der Waals surface area (Å²) in [4.78, 5) is 54.2. The van der Waals surface area contributed by atoms with Gasteiger partial charge in [-0.1, -0.05) is 142 Å². The maximum absolute atomic E-state index is 15.4. The molecule has 2 atom stereocenters. The Morgan fingerprint density at radius 3 is 1.45 bits per heavy atom. The molecule has 0 saturated heterocycles. The summed E-state index contributed by atoms with van der Waals surface area (Å²) in [5.74, 6) is 1.46. The quantitative estimate of drug-likeness (QED) is 0.0300. The van der Waals surface area contributed by atoms with Crippen molar-refractivity contribution in [3.05, 3.63) is 97.5 Å². The number of carbonyl (C=O) groups is 3. The maximum Gasteiger partial charge on any atom is 0.346 e. The van der Waals surface area contributed by atoms with E-state index >= 15 is 9.59 Å². The highest BCUT2D eigenvalue weighted by molar-refractivity contribution is 8.40. The van der Waals surface area contributed by atoms with E-state index in [9.17, 15) is 15.2 Å². The van der Waals surface area contributed by atoms with Crippen LogP contribution in [-0.2, 0) is 14.4 Å². The van der Waals surface area contributed by atoms with Crippen molar-refractivity contribution in [3.8, 4) is 25.6 Å². The lowest BCUT2D eigenvalue weighted by Crippen LogP contribution is -2.34. The smallest absolute Gasteiger partial charge is 0.346 e. The monoisotopic (exact) mass is 1130 g/mol. The molecule has 4 aromatic heterocycles. The molecule has 0 fully saturated rings. The molecule has 1 N–H and O–H groups in total. The molecule has 73 heavy (non-hydrogen) atoms. The van der Waals surface area contributed by atoms with Crippen molar-refractivity contribution in [2.45, 2.75) is 144 Å². The molecule has 0 aliphatic carbocycles. The molecule has 2 amide bonds. The highest BCUT2D eigenvalue weighted by Crippen LogP contribution is 2.58. The van der Waals surface area contributed by atoms with E-state index < -0.39 is 5.97 Å². The van der Waals surface area contributed by atoms with Crippen molar-refractivity contribution in [1.82, 2.24) is 9.80 Å². The number of nitriles is 1. The second-order valence-corrected chi connectivity index (χ2v) is 28.4. The summed E-state index contributed by atoms with van der Waals surface area (Å²) >= 11 is 14.4. The van der Waals surface area contributed by atoms with Crippen LogP contribution >= 0.6 is 92.4 Å². The number of carbonyl (C=O) groups excluding carboxylic acids is 2. The van der Waals surface area contributed by atoms with Gasteiger partial charge in [-0.15, -0.1) is 68.9 Å². The minimum absolute atomic E-state index is 0.0965. The molecular weight excluding hydrogens is 1060 g/mol. The molecule has 2 unspecified atom stereocenters. The van der Waals surface area contributed by atoms with E-state index in [-0.39, 0.29) is 23.3 Å². The second kappa shape index (κ2) is 28.8. The fraction of sp³-hybridized carbons (Fsp3) is 0.483. The SMILES string of the molecule is CCCCCCSC1=C(SCCCCCC)SC(=Cc2ccc(-c3ccc(C4=C5C(=O)N(CC(CC)CCCC)C(c6ccc(-c7ccc(/C=C(/C#N)C(=O)O)s7)s6)=C5C(=O)N4CC(CC)CCCC)s3)s2)S1. The first-order valence-corrected chi connectivity index (χ1v) is 33.4. The average molecular weight is 1130 g/mol. The predicted octanol–water partition coefficient (Wildman–Crippen LogP) is 19.0.